The lowest BCUT2D eigenvalue weighted by atomic mass is 9.43. The van der Waals surface area contributed by atoms with Crippen molar-refractivity contribution in [3.05, 3.63) is 22.8 Å². The van der Waals surface area contributed by atoms with E-state index in [0.29, 0.717) is 31.1 Å². The summed E-state index contributed by atoms with van der Waals surface area (Å²) in [7, 11) is 0. The minimum absolute atomic E-state index is 0.0904. The molecule has 16 heteroatoms. The van der Waals surface area contributed by atoms with Gasteiger partial charge in [0.1, 0.15) is 61.0 Å². The van der Waals surface area contributed by atoms with Gasteiger partial charge in [0, 0.05) is 0 Å². The zero-order valence-electron chi connectivity index (χ0n) is 37.5. The van der Waals surface area contributed by atoms with Crippen molar-refractivity contribution >= 4 is 5.97 Å². The van der Waals surface area contributed by atoms with Crippen molar-refractivity contribution in [3.8, 4) is 0 Å². The second-order valence-electron chi connectivity index (χ2n) is 21.0. The zero-order valence-corrected chi connectivity index (χ0v) is 37.5. The van der Waals surface area contributed by atoms with Crippen molar-refractivity contribution in [1.82, 2.24) is 0 Å². The molecule has 354 valence electrons. The van der Waals surface area contributed by atoms with Crippen LogP contribution in [0.25, 0.3) is 0 Å². The molecule has 9 N–H and O–H groups in total. The highest BCUT2D eigenvalue weighted by molar-refractivity contribution is 5.82. The van der Waals surface area contributed by atoms with Crippen LogP contribution in [0.1, 0.15) is 113 Å². The van der Waals surface area contributed by atoms with Crippen LogP contribution in [0.3, 0.4) is 0 Å². The van der Waals surface area contributed by atoms with Crippen molar-refractivity contribution in [2.75, 3.05) is 19.8 Å². The first-order valence-electron chi connectivity index (χ1n) is 23.0. The number of aliphatic hydroxyl groups is 8. The number of rotatable bonds is 12. The number of aliphatic carboxylic acids is 1. The third-order valence-electron chi connectivity index (χ3n) is 17.0. The third kappa shape index (κ3) is 8.07. The summed E-state index contributed by atoms with van der Waals surface area (Å²) in [5, 5.41) is 95.9. The first-order valence-corrected chi connectivity index (χ1v) is 23.0. The van der Waals surface area contributed by atoms with Crippen LogP contribution in [0.4, 0.5) is 0 Å². The summed E-state index contributed by atoms with van der Waals surface area (Å²) in [6, 6.07) is 0. The number of carboxylic acids is 1. The lowest BCUT2D eigenvalue weighted by Crippen LogP contribution is -2.65. The van der Waals surface area contributed by atoms with Gasteiger partial charge in [0.25, 0.3) is 0 Å². The van der Waals surface area contributed by atoms with E-state index in [1.807, 2.05) is 0 Å². The van der Waals surface area contributed by atoms with Crippen LogP contribution >= 0.6 is 0 Å². The van der Waals surface area contributed by atoms with Gasteiger partial charge in [-0.1, -0.05) is 57.4 Å². The molecule has 4 aliphatic carbocycles. The Kier molecular flexibility index (Phi) is 14.2. The molecule has 5 fully saturated rings. The van der Waals surface area contributed by atoms with Gasteiger partial charge in [-0.15, -0.1) is 0 Å². The lowest BCUT2D eigenvalue weighted by molar-refractivity contribution is -0.384. The fourth-order valence-corrected chi connectivity index (χ4v) is 13.5. The first-order chi connectivity index (χ1) is 29.1. The van der Waals surface area contributed by atoms with Gasteiger partial charge in [0.05, 0.1) is 31.3 Å². The summed E-state index contributed by atoms with van der Waals surface area (Å²) in [6.07, 6.45) is -10.2. The maximum Gasteiger partial charge on any atom is 0.314 e. The highest BCUT2D eigenvalue weighted by Gasteiger charge is 2.68. The summed E-state index contributed by atoms with van der Waals surface area (Å²) in [6.45, 7) is 14.0. The average molecular weight is 883 g/mol. The molecule has 10 unspecified atom stereocenters. The van der Waals surface area contributed by atoms with Crippen molar-refractivity contribution in [3.63, 3.8) is 0 Å². The molecule has 0 aromatic carbocycles. The molecule has 20 atom stereocenters. The number of hydrogen-bond donors (Lipinski definition) is 9. The van der Waals surface area contributed by atoms with Gasteiger partial charge in [-0.2, -0.15) is 0 Å². The number of aliphatic hydroxyl groups excluding tert-OH is 8. The number of hydrogen-bond acceptors (Lipinski definition) is 15. The summed E-state index contributed by atoms with van der Waals surface area (Å²) < 4.78 is 36.6. The maximum absolute atomic E-state index is 13.8. The molecule has 0 radical (unpaired) electrons. The molecular formula is C46H74O16. The molecule has 3 aliphatic heterocycles. The lowest BCUT2D eigenvalue weighted by Gasteiger charge is -2.62. The Morgan fingerprint density at radius 2 is 1.42 bits per heavy atom. The fourth-order valence-electron chi connectivity index (χ4n) is 13.5. The Hall–Kier alpha value is -1.61. The van der Waals surface area contributed by atoms with Crippen molar-refractivity contribution in [2.45, 2.75) is 199 Å². The summed E-state index contributed by atoms with van der Waals surface area (Å²) in [4.78, 5) is 13.8. The van der Waals surface area contributed by atoms with Gasteiger partial charge < -0.3 is 74.4 Å². The van der Waals surface area contributed by atoms with E-state index >= 15 is 0 Å². The Morgan fingerprint density at radius 3 is 2.10 bits per heavy atom. The van der Waals surface area contributed by atoms with Gasteiger partial charge in [-0.05, 0) is 112 Å². The Labute approximate surface area is 365 Å². The first kappa shape index (κ1) is 48.3. The van der Waals surface area contributed by atoms with Crippen molar-refractivity contribution < 1.29 is 79.2 Å². The van der Waals surface area contributed by atoms with E-state index in [0.717, 1.165) is 50.5 Å². The molecule has 0 spiro atoms. The molecular weight excluding hydrogens is 808 g/mol. The highest BCUT2D eigenvalue weighted by Crippen LogP contribution is 2.73. The summed E-state index contributed by atoms with van der Waals surface area (Å²) in [5.74, 6) is 0.112. The second kappa shape index (κ2) is 18.2. The smallest absolute Gasteiger partial charge is 0.314 e. The van der Waals surface area contributed by atoms with Crippen LogP contribution in [0.5, 0.6) is 0 Å². The summed E-state index contributed by atoms with van der Waals surface area (Å²) >= 11 is 0. The molecule has 0 aromatic heterocycles. The molecule has 3 heterocycles. The molecule has 0 amide bonds. The number of carbonyl (C=O) groups is 1. The van der Waals surface area contributed by atoms with Crippen molar-refractivity contribution in [2.24, 2.45) is 39.4 Å². The van der Waals surface area contributed by atoms with Gasteiger partial charge in [-0.25, -0.2) is 0 Å². The maximum atomic E-state index is 13.8. The number of fused-ring (bicyclic) bond motifs is 4. The fraction of sp³-hybridized carbons (Fsp3) is 0.891. The number of allylic oxidation sites excluding steroid dienone is 3. The van der Waals surface area contributed by atoms with Gasteiger partial charge in [0.15, 0.2) is 18.9 Å². The molecule has 16 nitrogen and oxygen atoms in total. The van der Waals surface area contributed by atoms with Crippen LogP contribution in [0.2, 0.25) is 0 Å². The minimum Gasteiger partial charge on any atom is -0.481 e. The largest absolute Gasteiger partial charge is 0.481 e. The Morgan fingerprint density at radius 1 is 0.758 bits per heavy atom. The van der Waals surface area contributed by atoms with E-state index in [1.165, 1.54) is 11.1 Å². The normalized spacial score (nSPS) is 48.4. The summed E-state index contributed by atoms with van der Waals surface area (Å²) in [5.41, 5.74) is 1.68. The molecule has 7 rings (SSSR count). The predicted molar refractivity (Wildman–Crippen MR) is 221 cm³/mol. The molecule has 0 aromatic rings. The average Bonchev–Trinajstić information content (AvgIpc) is 3.55. The molecule has 62 heavy (non-hydrogen) atoms. The Bertz CT molecular complexity index is 1660. The standard InChI is InChI=1S/C46H74O16/c1-22(2)9-8-10-23(3)24-14-18-46(42(55)56)26-11-12-30-43(4,5)31(15-16-44(30,6)25(26)13-17-45(24,46)7)60-41-38(62-40-36(54)34(52)33(51)29(19-47)59-40)37(28(49)21-58-41)61-39-35(53)32(50)27(48)20-57-39/h9,23-24,27-41,47-54H,8,10-21H2,1-7H3,(H,55,56)/t23-,24?,27+,28+,29?,30?,31+,32?,33+,34?,35?,36?,37?,38?,39+,40+,41+,44-,45-,46?/m1/s1. The second-order valence-corrected chi connectivity index (χ2v) is 21.0. The zero-order chi connectivity index (χ0) is 45.3. The van der Waals surface area contributed by atoms with E-state index in [4.69, 9.17) is 28.4 Å². The van der Waals surface area contributed by atoms with Crippen LogP contribution in [0.15, 0.2) is 22.8 Å². The molecule has 2 saturated carbocycles. The van der Waals surface area contributed by atoms with E-state index < -0.39 is 109 Å². The van der Waals surface area contributed by atoms with Crippen molar-refractivity contribution in [1.29, 1.82) is 0 Å². The van der Waals surface area contributed by atoms with Crippen LogP contribution in [-0.2, 0) is 33.2 Å². The van der Waals surface area contributed by atoms with Crippen LogP contribution < -0.4 is 0 Å². The SMILES string of the molecule is CC(C)=CCC[C@@H](C)C1CCC2(C(=O)O)C3=C(CC[C@]12C)[C@@]1(C)CC[C@H](O[C@@H]2OC[C@H](O)C(O[C@@H]4OC[C@H](O)C(O)C4O)C2O[C@@H]2OC(CO)[C@H](O)C(O)C2O)C(C)(C)C1CC3. The number of ether oxygens (including phenoxy) is 6. The molecule has 0 bridgehead atoms. The van der Waals surface area contributed by atoms with Gasteiger partial charge >= 0.3 is 5.97 Å². The molecule has 3 saturated heterocycles. The van der Waals surface area contributed by atoms with Crippen LogP contribution in [0, 0.1) is 39.4 Å². The van der Waals surface area contributed by atoms with E-state index in [2.05, 4.69) is 54.5 Å². The van der Waals surface area contributed by atoms with E-state index in [9.17, 15) is 50.8 Å². The quantitative estimate of drug-likeness (QED) is 0.128. The number of carboxylic acid groups (broad SMARTS) is 1. The monoisotopic (exact) mass is 882 g/mol. The van der Waals surface area contributed by atoms with Gasteiger partial charge in [0.2, 0.25) is 0 Å². The molecule has 7 aliphatic rings. The van der Waals surface area contributed by atoms with Crippen LogP contribution in [-0.4, -0.2) is 158 Å². The van der Waals surface area contributed by atoms with E-state index in [1.54, 1.807) is 0 Å². The van der Waals surface area contributed by atoms with Gasteiger partial charge in [-0.3, -0.25) is 4.79 Å². The topological polar surface area (TPSA) is 255 Å². The minimum atomic E-state index is -1.81. The predicted octanol–water partition coefficient (Wildman–Crippen LogP) is 2.29. The third-order valence-corrected chi connectivity index (χ3v) is 17.0. The van der Waals surface area contributed by atoms with E-state index in [-0.39, 0.29) is 30.0 Å². The Balaban J connectivity index is 1.15. The highest BCUT2D eigenvalue weighted by atomic mass is 16.8.